The molecule has 1 aromatic carbocycles. The molecule has 0 atom stereocenters. The predicted octanol–water partition coefficient (Wildman–Crippen LogP) is 3.04. The van der Waals surface area contributed by atoms with Crippen molar-refractivity contribution >= 4 is 27.3 Å². The summed E-state index contributed by atoms with van der Waals surface area (Å²) in [6.07, 6.45) is 1.86. The Morgan fingerprint density at radius 1 is 1.40 bits per heavy atom. The fraction of sp³-hybridized carbons (Fsp3) is 0.571. The lowest BCUT2D eigenvalue weighted by Crippen LogP contribution is -2.36. The van der Waals surface area contributed by atoms with Gasteiger partial charge in [0, 0.05) is 23.3 Å². The first-order valence-corrected chi connectivity index (χ1v) is 8.62. The molecule has 1 aromatic rings. The van der Waals surface area contributed by atoms with E-state index in [1.54, 1.807) is 11.2 Å². The van der Waals surface area contributed by atoms with Crippen LogP contribution in [0.4, 0.5) is 5.69 Å². The van der Waals surface area contributed by atoms with E-state index in [1.807, 2.05) is 13.8 Å². The molecular formula is C14H21ClN2O2S. The average molecular weight is 317 g/mol. The van der Waals surface area contributed by atoms with Crippen LogP contribution in [0.2, 0.25) is 5.02 Å². The van der Waals surface area contributed by atoms with Crippen LogP contribution in [0, 0.1) is 12.8 Å². The standard InChI is InChI=1S/C14H21ClN2O2S/c1-9(2)8-17(11-4-5-11)20(18,19)12-6-13(15)10(3)14(16)7-12/h6-7,9,11H,4-5,8,16H2,1-3H3. The molecule has 0 saturated heterocycles. The summed E-state index contributed by atoms with van der Waals surface area (Å²) >= 11 is 6.07. The summed E-state index contributed by atoms with van der Waals surface area (Å²) in [5.41, 5.74) is 6.97. The van der Waals surface area contributed by atoms with Crippen molar-refractivity contribution in [1.29, 1.82) is 0 Å². The quantitative estimate of drug-likeness (QED) is 0.849. The molecule has 0 spiro atoms. The zero-order chi connectivity index (χ0) is 15.1. The first kappa shape index (κ1) is 15.6. The van der Waals surface area contributed by atoms with Crippen LogP contribution < -0.4 is 5.73 Å². The van der Waals surface area contributed by atoms with Crippen LogP contribution in [-0.2, 0) is 10.0 Å². The van der Waals surface area contributed by atoms with E-state index in [4.69, 9.17) is 17.3 Å². The predicted molar refractivity (Wildman–Crippen MR) is 82.4 cm³/mol. The van der Waals surface area contributed by atoms with Crippen molar-refractivity contribution in [2.75, 3.05) is 12.3 Å². The third kappa shape index (κ3) is 3.10. The highest BCUT2D eigenvalue weighted by Gasteiger charge is 2.38. The van der Waals surface area contributed by atoms with Crippen LogP contribution in [0.25, 0.3) is 0 Å². The highest BCUT2D eigenvalue weighted by atomic mass is 35.5. The Labute approximate surface area is 126 Å². The molecule has 4 nitrogen and oxygen atoms in total. The molecule has 1 aliphatic carbocycles. The van der Waals surface area contributed by atoms with E-state index in [-0.39, 0.29) is 16.9 Å². The molecule has 0 heterocycles. The van der Waals surface area contributed by atoms with Crippen LogP contribution in [-0.4, -0.2) is 25.3 Å². The zero-order valence-corrected chi connectivity index (χ0v) is 13.6. The van der Waals surface area contributed by atoms with Crippen LogP contribution in [0.1, 0.15) is 32.3 Å². The van der Waals surface area contributed by atoms with Gasteiger partial charge in [0.2, 0.25) is 10.0 Å². The molecule has 1 aliphatic rings. The number of rotatable bonds is 5. The maximum Gasteiger partial charge on any atom is 0.243 e. The summed E-state index contributed by atoms with van der Waals surface area (Å²) in [4.78, 5) is 0.193. The number of benzene rings is 1. The maximum atomic E-state index is 12.8. The summed E-state index contributed by atoms with van der Waals surface area (Å²) in [7, 11) is -3.53. The third-order valence-corrected chi connectivity index (χ3v) is 5.75. The third-order valence-electron chi connectivity index (χ3n) is 3.46. The monoisotopic (exact) mass is 316 g/mol. The Balaban J connectivity index is 2.42. The van der Waals surface area contributed by atoms with Crippen LogP contribution in [0.15, 0.2) is 17.0 Å². The van der Waals surface area contributed by atoms with Crippen LogP contribution >= 0.6 is 11.6 Å². The summed E-state index contributed by atoms with van der Waals surface area (Å²) in [6, 6.07) is 3.13. The van der Waals surface area contributed by atoms with E-state index in [1.165, 1.54) is 12.1 Å². The van der Waals surface area contributed by atoms with Gasteiger partial charge in [-0.05, 0) is 43.4 Å². The van der Waals surface area contributed by atoms with Crippen molar-refractivity contribution in [3.05, 3.63) is 22.7 Å². The van der Waals surface area contributed by atoms with E-state index in [0.717, 1.165) is 12.8 Å². The molecule has 112 valence electrons. The second-order valence-electron chi connectivity index (χ2n) is 5.82. The fourth-order valence-corrected chi connectivity index (χ4v) is 4.33. The van der Waals surface area contributed by atoms with Crippen LogP contribution in [0.5, 0.6) is 0 Å². The molecule has 0 bridgehead atoms. The maximum absolute atomic E-state index is 12.8. The van der Waals surface area contributed by atoms with Crippen molar-refractivity contribution in [3.63, 3.8) is 0 Å². The number of nitrogen functional groups attached to an aromatic ring is 1. The lowest BCUT2D eigenvalue weighted by atomic mass is 10.2. The normalized spacial score (nSPS) is 16.1. The molecular weight excluding hydrogens is 296 g/mol. The molecule has 0 aliphatic heterocycles. The molecule has 0 aromatic heterocycles. The Morgan fingerprint density at radius 3 is 2.45 bits per heavy atom. The van der Waals surface area contributed by atoms with Gasteiger partial charge in [-0.25, -0.2) is 8.42 Å². The van der Waals surface area contributed by atoms with Crippen molar-refractivity contribution in [1.82, 2.24) is 4.31 Å². The minimum absolute atomic E-state index is 0.128. The first-order valence-electron chi connectivity index (χ1n) is 6.81. The number of anilines is 1. The van der Waals surface area contributed by atoms with E-state index in [2.05, 4.69) is 0 Å². The topological polar surface area (TPSA) is 63.4 Å². The van der Waals surface area contributed by atoms with Gasteiger partial charge in [-0.2, -0.15) is 4.31 Å². The number of halogens is 1. The second kappa shape index (κ2) is 5.54. The molecule has 0 amide bonds. The number of nitrogens with two attached hydrogens (primary N) is 1. The minimum atomic E-state index is -3.53. The van der Waals surface area contributed by atoms with Gasteiger partial charge < -0.3 is 5.73 Å². The molecule has 0 radical (unpaired) electrons. The average Bonchev–Trinajstić information content (AvgIpc) is 3.16. The largest absolute Gasteiger partial charge is 0.398 e. The van der Waals surface area contributed by atoms with Crippen molar-refractivity contribution in [2.24, 2.45) is 5.92 Å². The second-order valence-corrected chi connectivity index (χ2v) is 8.12. The van der Waals surface area contributed by atoms with Crippen molar-refractivity contribution in [3.8, 4) is 0 Å². The molecule has 6 heteroatoms. The summed E-state index contributed by atoms with van der Waals surface area (Å²) in [5.74, 6) is 0.281. The molecule has 2 rings (SSSR count). The van der Waals surface area contributed by atoms with Crippen molar-refractivity contribution in [2.45, 2.75) is 44.6 Å². The van der Waals surface area contributed by atoms with E-state index >= 15 is 0 Å². The molecule has 2 N–H and O–H groups in total. The SMILES string of the molecule is Cc1c(N)cc(S(=O)(=O)N(CC(C)C)C2CC2)cc1Cl. The Hall–Kier alpha value is -0.780. The smallest absolute Gasteiger partial charge is 0.243 e. The minimum Gasteiger partial charge on any atom is -0.398 e. The number of hydrogen-bond acceptors (Lipinski definition) is 3. The lowest BCUT2D eigenvalue weighted by Gasteiger charge is -2.24. The zero-order valence-electron chi connectivity index (χ0n) is 12.1. The highest BCUT2D eigenvalue weighted by molar-refractivity contribution is 7.89. The molecule has 0 unspecified atom stereocenters. The van der Waals surface area contributed by atoms with E-state index in [9.17, 15) is 8.42 Å². The first-order chi connectivity index (χ1) is 9.23. The number of nitrogens with zero attached hydrogens (tertiary/aromatic N) is 1. The van der Waals surface area contributed by atoms with Crippen molar-refractivity contribution < 1.29 is 8.42 Å². The summed E-state index contributed by atoms with van der Waals surface area (Å²) in [5, 5.41) is 0.392. The van der Waals surface area contributed by atoms with Gasteiger partial charge >= 0.3 is 0 Å². The molecule has 1 saturated carbocycles. The van der Waals surface area contributed by atoms with Gasteiger partial charge in [0.15, 0.2) is 0 Å². The van der Waals surface area contributed by atoms with Crippen LogP contribution in [0.3, 0.4) is 0 Å². The van der Waals surface area contributed by atoms with E-state index < -0.39 is 10.0 Å². The summed E-state index contributed by atoms with van der Waals surface area (Å²) in [6.45, 7) is 6.34. The van der Waals surface area contributed by atoms with Gasteiger partial charge in [-0.3, -0.25) is 0 Å². The highest BCUT2D eigenvalue weighted by Crippen LogP contribution is 2.34. The number of sulfonamides is 1. The lowest BCUT2D eigenvalue weighted by molar-refractivity contribution is 0.360. The Kier molecular flexibility index (Phi) is 4.33. The Morgan fingerprint density at radius 2 is 2.00 bits per heavy atom. The van der Waals surface area contributed by atoms with Gasteiger partial charge in [-0.1, -0.05) is 25.4 Å². The molecule has 20 heavy (non-hydrogen) atoms. The van der Waals surface area contributed by atoms with Gasteiger partial charge in [-0.15, -0.1) is 0 Å². The Bertz CT molecular complexity index is 587. The van der Waals surface area contributed by atoms with E-state index in [0.29, 0.717) is 22.8 Å². The number of hydrogen-bond donors (Lipinski definition) is 1. The fourth-order valence-electron chi connectivity index (χ4n) is 2.12. The van der Waals surface area contributed by atoms with Gasteiger partial charge in [0.05, 0.1) is 4.90 Å². The summed E-state index contributed by atoms with van der Waals surface area (Å²) < 4.78 is 27.1. The van der Waals surface area contributed by atoms with Gasteiger partial charge in [0.25, 0.3) is 0 Å². The molecule has 1 fully saturated rings. The van der Waals surface area contributed by atoms with Gasteiger partial charge in [0.1, 0.15) is 0 Å².